The average molecular weight is 521 g/mol. The molecule has 3 aliphatic rings. The molecule has 196 valence electrons. The molecule has 39 heavy (non-hydrogen) atoms. The van der Waals surface area contributed by atoms with Gasteiger partial charge in [-0.1, -0.05) is 80.1 Å². The van der Waals surface area contributed by atoms with Gasteiger partial charge in [-0.15, -0.1) is 0 Å². The van der Waals surface area contributed by atoms with Crippen LogP contribution in [0.15, 0.2) is 78.9 Å². The first-order valence-electron chi connectivity index (χ1n) is 13.2. The van der Waals surface area contributed by atoms with E-state index in [2.05, 4.69) is 0 Å². The second kappa shape index (κ2) is 8.56. The van der Waals surface area contributed by atoms with Gasteiger partial charge in [-0.05, 0) is 48.1 Å². The van der Waals surface area contributed by atoms with Crippen molar-refractivity contribution in [1.82, 2.24) is 0 Å². The molecule has 0 unspecified atom stereocenters. The second-order valence-electron chi connectivity index (χ2n) is 10.9. The van der Waals surface area contributed by atoms with Crippen LogP contribution in [-0.2, 0) is 14.4 Å². The average Bonchev–Trinajstić information content (AvgIpc) is 3.40. The molecule has 6 rings (SSSR count). The van der Waals surface area contributed by atoms with Crippen LogP contribution in [0.4, 0.5) is 11.4 Å². The Morgan fingerprint density at radius 3 is 1.97 bits per heavy atom. The molecule has 0 aromatic heterocycles. The highest BCUT2D eigenvalue weighted by atomic mass is 16.6. The van der Waals surface area contributed by atoms with Gasteiger partial charge in [0.15, 0.2) is 5.78 Å². The van der Waals surface area contributed by atoms with E-state index in [0.717, 1.165) is 27.2 Å². The number of carbonyl (C=O) groups excluding carboxylic acids is 3. The van der Waals surface area contributed by atoms with Crippen molar-refractivity contribution in [3.8, 4) is 0 Å². The Balaban J connectivity index is 1.64. The molecule has 2 amide bonds. The molecule has 3 aromatic rings. The van der Waals surface area contributed by atoms with Crippen molar-refractivity contribution < 1.29 is 19.3 Å². The summed E-state index contributed by atoms with van der Waals surface area (Å²) in [6, 6.07) is 23.5. The minimum Gasteiger partial charge on any atom is -0.298 e. The minimum absolute atomic E-state index is 0.0818. The van der Waals surface area contributed by atoms with Crippen molar-refractivity contribution in [2.24, 2.45) is 22.7 Å². The monoisotopic (exact) mass is 520 g/mol. The number of imide groups is 1. The van der Waals surface area contributed by atoms with E-state index < -0.39 is 39.4 Å². The third-order valence-corrected chi connectivity index (χ3v) is 8.97. The normalized spacial score (nSPS) is 27.5. The van der Waals surface area contributed by atoms with Gasteiger partial charge in [0.05, 0.1) is 33.3 Å². The number of allylic oxidation sites excluding steroid dienone is 2. The molecule has 7 nitrogen and oxygen atoms in total. The molecular weight excluding hydrogens is 492 g/mol. The van der Waals surface area contributed by atoms with Gasteiger partial charge in [0.1, 0.15) is 0 Å². The molecule has 4 atom stereocenters. The van der Waals surface area contributed by atoms with E-state index >= 15 is 0 Å². The molecule has 1 aliphatic heterocycles. The van der Waals surface area contributed by atoms with Gasteiger partial charge < -0.3 is 0 Å². The van der Waals surface area contributed by atoms with Gasteiger partial charge in [0.2, 0.25) is 11.8 Å². The van der Waals surface area contributed by atoms with Crippen LogP contribution in [0.1, 0.15) is 43.4 Å². The lowest BCUT2D eigenvalue weighted by Crippen LogP contribution is -2.41. The zero-order valence-electron chi connectivity index (χ0n) is 22.0. The molecule has 7 heteroatoms. The maximum Gasteiger partial charge on any atom is 0.271 e. The van der Waals surface area contributed by atoms with E-state index in [1.54, 1.807) is 13.0 Å². The summed E-state index contributed by atoms with van der Waals surface area (Å²) in [5.74, 6) is -2.79. The van der Waals surface area contributed by atoms with Gasteiger partial charge in [-0.25, -0.2) is 4.90 Å². The number of nitrogens with zero attached hydrogens (tertiary/aromatic N) is 2. The van der Waals surface area contributed by atoms with Crippen LogP contribution in [0.3, 0.4) is 0 Å². The number of carbonyl (C=O) groups is 3. The summed E-state index contributed by atoms with van der Waals surface area (Å²) in [6.45, 7) is 5.53. The Kier molecular flexibility index (Phi) is 5.47. The third-order valence-electron chi connectivity index (χ3n) is 8.97. The van der Waals surface area contributed by atoms with Gasteiger partial charge in [-0.2, -0.15) is 0 Å². The molecule has 0 spiro atoms. The Labute approximate surface area is 226 Å². The van der Waals surface area contributed by atoms with E-state index in [9.17, 15) is 24.5 Å². The maximum atomic E-state index is 14.7. The van der Waals surface area contributed by atoms with Crippen LogP contribution in [0.2, 0.25) is 0 Å². The summed E-state index contributed by atoms with van der Waals surface area (Å²) in [5, 5.41) is 11.5. The fourth-order valence-electron chi connectivity index (χ4n) is 7.55. The number of aryl methyl sites for hydroxylation is 1. The molecule has 0 radical (unpaired) electrons. The lowest BCUT2D eigenvalue weighted by Gasteiger charge is -2.37. The topological polar surface area (TPSA) is 97.6 Å². The number of nitro groups is 1. The van der Waals surface area contributed by atoms with Gasteiger partial charge in [0.25, 0.3) is 5.69 Å². The number of hydrogen-bond acceptors (Lipinski definition) is 5. The number of nitro benzene ring substituents is 1. The molecule has 2 aliphatic carbocycles. The predicted octanol–water partition coefficient (Wildman–Crippen LogP) is 6.01. The highest BCUT2D eigenvalue weighted by Crippen LogP contribution is 2.75. The molecule has 2 fully saturated rings. The van der Waals surface area contributed by atoms with Crippen molar-refractivity contribution >= 4 is 40.1 Å². The first-order valence-corrected chi connectivity index (χ1v) is 13.2. The molecular formula is C32H28N2O5. The SMILES string of the molecule is CCC[C@@]12C(=O)[C@@](C)(C(c3ccccc3)=C1c1ccccc1)[C@@H]1C(=O)N(c3cc([N+](=O)[O-])ccc3C)C(=O)[C@@H]12. The lowest BCUT2D eigenvalue weighted by atomic mass is 9.61. The summed E-state index contributed by atoms with van der Waals surface area (Å²) in [7, 11) is 0. The summed E-state index contributed by atoms with van der Waals surface area (Å²) in [4.78, 5) is 55.5. The Bertz CT molecular complexity index is 1600. The molecule has 2 bridgehead atoms. The number of benzene rings is 3. The van der Waals surface area contributed by atoms with E-state index in [-0.39, 0.29) is 17.2 Å². The number of ketones is 1. The third kappa shape index (κ3) is 3.07. The molecule has 1 saturated carbocycles. The van der Waals surface area contributed by atoms with Crippen LogP contribution in [0.25, 0.3) is 11.1 Å². The number of Topliss-reactive ketones (excluding diaryl/α,β-unsaturated/α-hetero) is 1. The van der Waals surface area contributed by atoms with Crippen molar-refractivity contribution in [2.75, 3.05) is 4.90 Å². The standard InChI is InChI=1S/C32H28N2O5/c1-4-17-32-25(21-13-9-6-10-14-21)24(20-11-7-5-8-12-20)31(3,30(32)37)26-27(32)29(36)33(28(26)35)23-18-22(34(38)39)16-15-19(23)2/h5-16,18,26-27H,4,17H2,1-3H3/t26-,27+,31-,32+/m0/s1. The van der Waals surface area contributed by atoms with Crippen molar-refractivity contribution in [1.29, 1.82) is 0 Å². The molecule has 1 heterocycles. The lowest BCUT2D eigenvalue weighted by molar-refractivity contribution is -0.384. The van der Waals surface area contributed by atoms with Crippen LogP contribution in [0, 0.1) is 39.7 Å². The fraction of sp³-hybridized carbons (Fsp3) is 0.281. The quantitative estimate of drug-likeness (QED) is 0.225. The molecule has 1 saturated heterocycles. The van der Waals surface area contributed by atoms with Gasteiger partial charge >= 0.3 is 0 Å². The number of anilines is 1. The Morgan fingerprint density at radius 1 is 0.846 bits per heavy atom. The van der Waals surface area contributed by atoms with Crippen LogP contribution in [-0.4, -0.2) is 22.5 Å². The Hall–Kier alpha value is -4.39. The zero-order valence-corrected chi connectivity index (χ0v) is 22.0. The fourth-order valence-corrected chi connectivity index (χ4v) is 7.55. The number of fused-ring (bicyclic) bond motifs is 5. The van der Waals surface area contributed by atoms with Crippen molar-refractivity contribution in [3.05, 3.63) is 106 Å². The first kappa shape index (κ1) is 24.9. The number of non-ortho nitro benzene ring substituents is 1. The highest BCUT2D eigenvalue weighted by molar-refractivity contribution is 6.34. The van der Waals surface area contributed by atoms with Crippen LogP contribution >= 0.6 is 0 Å². The summed E-state index contributed by atoms with van der Waals surface area (Å²) >= 11 is 0. The zero-order chi connectivity index (χ0) is 27.7. The van der Waals surface area contributed by atoms with Gasteiger partial charge in [-0.3, -0.25) is 24.5 Å². The maximum absolute atomic E-state index is 14.7. The highest BCUT2D eigenvalue weighted by Gasteiger charge is 2.80. The number of amides is 2. The van der Waals surface area contributed by atoms with E-state index in [1.165, 1.54) is 12.1 Å². The molecule has 3 aromatic carbocycles. The molecule has 0 N–H and O–H groups in total. The minimum atomic E-state index is -1.23. The van der Waals surface area contributed by atoms with E-state index in [4.69, 9.17) is 0 Å². The Morgan fingerprint density at radius 2 is 1.41 bits per heavy atom. The van der Waals surface area contributed by atoms with Crippen molar-refractivity contribution in [3.63, 3.8) is 0 Å². The smallest absolute Gasteiger partial charge is 0.271 e. The summed E-state index contributed by atoms with van der Waals surface area (Å²) in [6.07, 6.45) is 1.06. The summed E-state index contributed by atoms with van der Waals surface area (Å²) < 4.78 is 0. The second-order valence-corrected chi connectivity index (χ2v) is 10.9. The predicted molar refractivity (Wildman–Crippen MR) is 147 cm³/mol. The van der Waals surface area contributed by atoms with Crippen LogP contribution < -0.4 is 4.90 Å². The largest absolute Gasteiger partial charge is 0.298 e. The van der Waals surface area contributed by atoms with Crippen LogP contribution in [0.5, 0.6) is 0 Å². The summed E-state index contributed by atoms with van der Waals surface area (Å²) in [5.41, 5.74) is 1.51. The first-order chi connectivity index (χ1) is 18.7. The van der Waals surface area contributed by atoms with E-state index in [1.807, 2.05) is 74.5 Å². The van der Waals surface area contributed by atoms with E-state index in [0.29, 0.717) is 18.4 Å². The number of hydrogen-bond donors (Lipinski definition) is 0. The number of rotatable bonds is 6. The van der Waals surface area contributed by atoms with Crippen molar-refractivity contribution in [2.45, 2.75) is 33.6 Å². The van der Waals surface area contributed by atoms with Gasteiger partial charge in [0, 0.05) is 12.1 Å².